The Balaban J connectivity index is 2.49. The number of carbonyl (C=O) groups is 1. The van der Waals surface area contributed by atoms with E-state index in [1.54, 1.807) is 17.3 Å². The van der Waals surface area contributed by atoms with E-state index in [4.69, 9.17) is 0 Å². The Kier molecular flexibility index (Phi) is 1.79. The zero-order chi connectivity index (χ0) is 9.42. The van der Waals surface area contributed by atoms with Crippen LogP contribution >= 0.6 is 0 Å². The zero-order valence-electron chi connectivity index (χ0n) is 7.82. The molecule has 0 saturated heterocycles. The number of rotatable bonds is 0. The Morgan fingerprint density at radius 3 is 3.15 bits per heavy atom. The molecule has 1 amide bonds. The van der Waals surface area contributed by atoms with E-state index >= 15 is 0 Å². The van der Waals surface area contributed by atoms with E-state index in [-0.39, 0.29) is 5.91 Å². The van der Waals surface area contributed by atoms with Gasteiger partial charge in [0.1, 0.15) is 0 Å². The van der Waals surface area contributed by atoms with Gasteiger partial charge in [-0.05, 0) is 25.0 Å². The Morgan fingerprint density at radius 2 is 2.38 bits per heavy atom. The van der Waals surface area contributed by atoms with Crippen LogP contribution in [-0.4, -0.2) is 28.9 Å². The standard InChI is InChI=1S/C10H12N2O/c1-7-5-8-3-4-11-6-9(8)10(13)12(7)2/h3-4,6-7H,5H2,1-2H3. The van der Waals surface area contributed by atoms with E-state index < -0.39 is 0 Å². The second kappa shape index (κ2) is 2.83. The van der Waals surface area contributed by atoms with Crippen molar-refractivity contribution in [1.29, 1.82) is 0 Å². The highest BCUT2D eigenvalue weighted by Crippen LogP contribution is 2.20. The van der Waals surface area contributed by atoms with Crippen LogP contribution < -0.4 is 0 Å². The van der Waals surface area contributed by atoms with Crippen molar-refractivity contribution in [2.75, 3.05) is 7.05 Å². The molecule has 1 aliphatic rings. The monoisotopic (exact) mass is 176 g/mol. The van der Waals surface area contributed by atoms with Gasteiger partial charge in [-0.25, -0.2) is 0 Å². The highest BCUT2D eigenvalue weighted by Gasteiger charge is 2.26. The van der Waals surface area contributed by atoms with Crippen molar-refractivity contribution in [3.8, 4) is 0 Å². The van der Waals surface area contributed by atoms with Gasteiger partial charge in [0.25, 0.3) is 5.91 Å². The Morgan fingerprint density at radius 1 is 1.62 bits per heavy atom. The van der Waals surface area contributed by atoms with Gasteiger partial charge < -0.3 is 4.90 Å². The van der Waals surface area contributed by atoms with Crippen LogP contribution in [0.2, 0.25) is 0 Å². The van der Waals surface area contributed by atoms with E-state index in [9.17, 15) is 4.79 Å². The van der Waals surface area contributed by atoms with Crippen LogP contribution in [0.3, 0.4) is 0 Å². The lowest BCUT2D eigenvalue weighted by molar-refractivity contribution is 0.0720. The highest BCUT2D eigenvalue weighted by atomic mass is 16.2. The lowest BCUT2D eigenvalue weighted by Crippen LogP contribution is -2.41. The number of likely N-dealkylation sites (N-methyl/N-ethyl adjacent to an activating group) is 1. The number of nitrogens with zero attached hydrogens (tertiary/aromatic N) is 2. The largest absolute Gasteiger partial charge is 0.339 e. The van der Waals surface area contributed by atoms with Crippen molar-refractivity contribution in [2.24, 2.45) is 0 Å². The van der Waals surface area contributed by atoms with E-state index in [0.717, 1.165) is 17.5 Å². The van der Waals surface area contributed by atoms with Gasteiger partial charge in [0.05, 0.1) is 5.56 Å². The first-order valence-corrected chi connectivity index (χ1v) is 4.40. The molecule has 0 spiro atoms. The van der Waals surface area contributed by atoms with Crippen molar-refractivity contribution in [1.82, 2.24) is 9.88 Å². The average Bonchev–Trinajstić information content (AvgIpc) is 2.15. The maximum Gasteiger partial charge on any atom is 0.255 e. The van der Waals surface area contributed by atoms with Crippen LogP contribution in [0, 0.1) is 0 Å². The zero-order valence-corrected chi connectivity index (χ0v) is 7.82. The summed E-state index contributed by atoms with van der Waals surface area (Å²) in [6, 6.07) is 2.22. The number of fused-ring (bicyclic) bond motifs is 1. The Hall–Kier alpha value is -1.38. The molecule has 0 saturated carbocycles. The van der Waals surface area contributed by atoms with E-state index in [1.165, 1.54) is 0 Å². The normalized spacial score (nSPS) is 21.5. The molecule has 0 N–H and O–H groups in total. The van der Waals surface area contributed by atoms with Crippen molar-refractivity contribution >= 4 is 5.91 Å². The Bertz CT molecular complexity index is 349. The van der Waals surface area contributed by atoms with Crippen molar-refractivity contribution in [3.05, 3.63) is 29.6 Å². The number of aromatic nitrogens is 1. The summed E-state index contributed by atoms with van der Waals surface area (Å²) in [6.07, 6.45) is 4.32. The topological polar surface area (TPSA) is 33.2 Å². The maximum absolute atomic E-state index is 11.7. The third-order valence-corrected chi connectivity index (χ3v) is 2.64. The summed E-state index contributed by atoms with van der Waals surface area (Å²) in [5, 5.41) is 0. The summed E-state index contributed by atoms with van der Waals surface area (Å²) < 4.78 is 0. The molecular weight excluding hydrogens is 164 g/mol. The number of hydrogen-bond acceptors (Lipinski definition) is 2. The summed E-state index contributed by atoms with van der Waals surface area (Å²) in [7, 11) is 1.84. The second-order valence-corrected chi connectivity index (χ2v) is 3.50. The molecule has 13 heavy (non-hydrogen) atoms. The summed E-state index contributed by atoms with van der Waals surface area (Å²) in [5.41, 5.74) is 1.87. The van der Waals surface area contributed by atoms with Gasteiger partial charge in [-0.2, -0.15) is 0 Å². The van der Waals surface area contributed by atoms with Crippen molar-refractivity contribution in [3.63, 3.8) is 0 Å². The minimum atomic E-state index is 0.0850. The van der Waals surface area contributed by atoms with Crippen molar-refractivity contribution in [2.45, 2.75) is 19.4 Å². The quantitative estimate of drug-likeness (QED) is 0.593. The molecule has 0 aromatic carbocycles. The summed E-state index contributed by atoms with van der Waals surface area (Å²) >= 11 is 0. The minimum absolute atomic E-state index is 0.0850. The van der Waals surface area contributed by atoms with Gasteiger partial charge in [-0.15, -0.1) is 0 Å². The van der Waals surface area contributed by atoms with Crippen LogP contribution in [0.1, 0.15) is 22.8 Å². The first kappa shape index (κ1) is 8.23. The first-order chi connectivity index (χ1) is 6.20. The predicted octanol–water partition coefficient (Wildman–Crippen LogP) is 1.10. The molecule has 0 fully saturated rings. The van der Waals surface area contributed by atoms with E-state index in [2.05, 4.69) is 11.9 Å². The molecule has 1 atom stereocenters. The van der Waals surface area contributed by atoms with Crippen LogP contribution in [0.5, 0.6) is 0 Å². The molecule has 1 aromatic rings. The predicted molar refractivity (Wildman–Crippen MR) is 49.5 cm³/mol. The number of carbonyl (C=O) groups excluding carboxylic acids is 1. The molecule has 1 aromatic heterocycles. The second-order valence-electron chi connectivity index (χ2n) is 3.50. The molecule has 3 nitrogen and oxygen atoms in total. The maximum atomic E-state index is 11.7. The molecule has 2 heterocycles. The van der Waals surface area contributed by atoms with Gasteiger partial charge in [-0.1, -0.05) is 0 Å². The minimum Gasteiger partial charge on any atom is -0.339 e. The fraction of sp³-hybridized carbons (Fsp3) is 0.400. The van der Waals surface area contributed by atoms with Gasteiger partial charge >= 0.3 is 0 Å². The molecule has 68 valence electrons. The lowest BCUT2D eigenvalue weighted by atomic mass is 9.97. The number of amides is 1. The average molecular weight is 176 g/mol. The lowest BCUT2D eigenvalue weighted by Gasteiger charge is -2.30. The summed E-state index contributed by atoms with van der Waals surface area (Å²) in [5.74, 6) is 0.0850. The van der Waals surface area contributed by atoms with Crippen LogP contribution in [0.15, 0.2) is 18.5 Å². The van der Waals surface area contributed by atoms with Crippen LogP contribution in [0.4, 0.5) is 0 Å². The molecule has 2 rings (SSSR count). The SMILES string of the molecule is CC1Cc2ccncc2C(=O)N1C. The highest BCUT2D eigenvalue weighted by molar-refractivity contribution is 5.96. The number of pyridine rings is 1. The van der Waals surface area contributed by atoms with Gasteiger partial charge in [0.15, 0.2) is 0 Å². The smallest absolute Gasteiger partial charge is 0.255 e. The fourth-order valence-corrected chi connectivity index (χ4v) is 1.64. The summed E-state index contributed by atoms with van der Waals surface area (Å²) in [4.78, 5) is 17.4. The number of hydrogen-bond donors (Lipinski definition) is 0. The van der Waals surface area contributed by atoms with E-state index in [1.807, 2.05) is 13.1 Å². The van der Waals surface area contributed by atoms with E-state index in [0.29, 0.717) is 6.04 Å². The van der Waals surface area contributed by atoms with Gasteiger partial charge in [-0.3, -0.25) is 9.78 Å². The molecule has 3 heteroatoms. The van der Waals surface area contributed by atoms with Crippen molar-refractivity contribution < 1.29 is 4.79 Å². The molecule has 1 aliphatic heterocycles. The molecule has 0 bridgehead atoms. The Labute approximate surface area is 77.4 Å². The molecule has 1 unspecified atom stereocenters. The fourth-order valence-electron chi connectivity index (χ4n) is 1.64. The summed E-state index contributed by atoms with van der Waals surface area (Å²) in [6.45, 7) is 2.06. The first-order valence-electron chi connectivity index (χ1n) is 4.40. The molecular formula is C10H12N2O. The third kappa shape index (κ3) is 1.20. The van der Waals surface area contributed by atoms with Gasteiger partial charge in [0, 0.05) is 25.5 Å². The third-order valence-electron chi connectivity index (χ3n) is 2.64. The molecule has 0 aliphatic carbocycles. The van der Waals surface area contributed by atoms with Crippen LogP contribution in [-0.2, 0) is 6.42 Å². The van der Waals surface area contributed by atoms with Crippen LogP contribution in [0.25, 0.3) is 0 Å². The van der Waals surface area contributed by atoms with Gasteiger partial charge in [0.2, 0.25) is 0 Å². The molecule has 0 radical (unpaired) electrons.